The Morgan fingerprint density at radius 2 is 1.69 bits per heavy atom. The minimum atomic E-state index is -1.07. The van der Waals surface area contributed by atoms with Crippen LogP contribution in [0.2, 0.25) is 0 Å². The zero-order chi connectivity index (χ0) is 21.4. The molecule has 0 bridgehead atoms. The topological polar surface area (TPSA) is 120 Å². The first-order valence-corrected chi connectivity index (χ1v) is 9.01. The molecule has 2 aromatic carbocycles. The van der Waals surface area contributed by atoms with Crippen molar-refractivity contribution in [2.75, 3.05) is 6.61 Å². The average molecular weight is 401 g/mol. The van der Waals surface area contributed by atoms with Crippen molar-refractivity contribution in [1.29, 1.82) is 0 Å². The second-order valence-corrected chi connectivity index (χ2v) is 6.66. The van der Waals surface area contributed by atoms with Crippen LogP contribution < -0.4 is 20.3 Å². The van der Waals surface area contributed by atoms with E-state index in [1.54, 1.807) is 30.3 Å². The van der Waals surface area contributed by atoms with Gasteiger partial charge in [0.25, 0.3) is 11.8 Å². The molecule has 0 spiro atoms. The summed E-state index contributed by atoms with van der Waals surface area (Å²) in [5.41, 5.74) is 4.59. The number of ether oxygens (including phenoxy) is 2. The van der Waals surface area contributed by atoms with Crippen LogP contribution in [0.4, 0.5) is 5.69 Å². The average Bonchev–Trinajstić information content (AvgIpc) is 2.70. The van der Waals surface area contributed by atoms with E-state index in [9.17, 15) is 19.7 Å². The maximum Gasteiger partial charge on any atom is 0.310 e. The Morgan fingerprint density at radius 3 is 2.31 bits per heavy atom. The summed E-state index contributed by atoms with van der Waals surface area (Å²) in [4.78, 5) is 34.7. The highest BCUT2D eigenvalue weighted by molar-refractivity contribution is 5.95. The fourth-order valence-corrected chi connectivity index (χ4v) is 2.21. The van der Waals surface area contributed by atoms with Gasteiger partial charge in [0.1, 0.15) is 5.75 Å². The van der Waals surface area contributed by atoms with Crippen molar-refractivity contribution < 1.29 is 24.0 Å². The van der Waals surface area contributed by atoms with Gasteiger partial charge in [0, 0.05) is 11.6 Å². The zero-order valence-electron chi connectivity index (χ0n) is 16.4. The number of hydrogen-bond donors (Lipinski definition) is 2. The van der Waals surface area contributed by atoms with E-state index in [1.807, 2.05) is 13.8 Å². The molecule has 1 atom stereocenters. The lowest BCUT2D eigenvalue weighted by Crippen LogP contribution is -2.47. The number of carbonyl (C=O) groups is 2. The summed E-state index contributed by atoms with van der Waals surface area (Å²) in [5, 5.41) is 11.0. The predicted octanol–water partition coefficient (Wildman–Crippen LogP) is 2.86. The minimum Gasteiger partial charge on any atom is -0.493 e. The van der Waals surface area contributed by atoms with Crippen LogP contribution in [-0.2, 0) is 4.79 Å². The summed E-state index contributed by atoms with van der Waals surface area (Å²) in [5.74, 6) is -0.191. The van der Waals surface area contributed by atoms with Gasteiger partial charge in [0.2, 0.25) is 0 Å². The maximum atomic E-state index is 12.2. The SMILES string of the molecule is CC(C)COc1ccc(C(=O)NNC(=O)[C@H](C)Oc2ccccc2[N+](=O)[O-])cc1. The van der Waals surface area contributed by atoms with E-state index < -0.39 is 22.8 Å². The van der Waals surface area contributed by atoms with Gasteiger partial charge in [-0.25, -0.2) is 0 Å². The van der Waals surface area contributed by atoms with Crippen LogP contribution >= 0.6 is 0 Å². The molecule has 9 nitrogen and oxygen atoms in total. The molecule has 2 rings (SSSR count). The Morgan fingerprint density at radius 1 is 1.03 bits per heavy atom. The van der Waals surface area contributed by atoms with Gasteiger partial charge in [-0.1, -0.05) is 26.0 Å². The standard InChI is InChI=1S/C20H23N3O6/c1-13(2)12-28-16-10-8-15(9-11-16)20(25)22-21-19(24)14(3)29-18-7-5-4-6-17(18)23(26)27/h4-11,13-14H,12H2,1-3H3,(H,21,24)(H,22,25)/t14-/m0/s1. The molecule has 0 saturated carbocycles. The first-order chi connectivity index (χ1) is 13.8. The second-order valence-electron chi connectivity index (χ2n) is 6.66. The van der Waals surface area contributed by atoms with Crippen LogP contribution in [0, 0.1) is 16.0 Å². The molecule has 0 aliphatic heterocycles. The van der Waals surface area contributed by atoms with Crippen molar-refractivity contribution in [3.63, 3.8) is 0 Å². The van der Waals surface area contributed by atoms with Crippen LogP contribution in [0.5, 0.6) is 11.5 Å². The third-order valence-electron chi connectivity index (χ3n) is 3.73. The van der Waals surface area contributed by atoms with Gasteiger partial charge in [-0.05, 0) is 43.2 Å². The summed E-state index contributed by atoms with van der Waals surface area (Å²) in [6.45, 7) is 6.05. The Balaban J connectivity index is 1.88. The number of para-hydroxylation sites is 2. The molecule has 0 unspecified atom stereocenters. The number of nitro groups is 1. The molecule has 29 heavy (non-hydrogen) atoms. The molecule has 0 radical (unpaired) electrons. The first-order valence-electron chi connectivity index (χ1n) is 9.01. The largest absolute Gasteiger partial charge is 0.493 e. The van der Waals surface area contributed by atoms with Crippen molar-refractivity contribution in [2.24, 2.45) is 5.92 Å². The molecule has 0 saturated heterocycles. The number of benzene rings is 2. The van der Waals surface area contributed by atoms with Crippen molar-refractivity contribution >= 4 is 17.5 Å². The van der Waals surface area contributed by atoms with Gasteiger partial charge >= 0.3 is 5.69 Å². The van der Waals surface area contributed by atoms with E-state index in [2.05, 4.69) is 10.9 Å². The molecular formula is C20H23N3O6. The molecule has 2 aromatic rings. The van der Waals surface area contributed by atoms with Crippen molar-refractivity contribution in [1.82, 2.24) is 10.9 Å². The van der Waals surface area contributed by atoms with E-state index in [4.69, 9.17) is 9.47 Å². The van der Waals surface area contributed by atoms with E-state index in [1.165, 1.54) is 25.1 Å². The highest BCUT2D eigenvalue weighted by atomic mass is 16.6. The minimum absolute atomic E-state index is 0.0385. The van der Waals surface area contributed by atoms with Crippen LogP contribution in [0.25, 0.3) is 0 Å². The summed E-state index contributed by atoms with van der Waals surface area (Å²) in [6.07, 6.45) is -1.07. The Hall–Kier alpha value is -3.62. The highest BCUT2D eigenvalue weighted by Crippen LogP contribution is 2.26. The lowest BCUT2D eigenvalue weighted by molar-refractivity contribution is -0.386. The fourth-order valence-electron chi connectivity index (χ4n) is 2.21. The lowest BCUT2D eigenvalue weighted by atomic mass is 10.2. The van der Waals surface area contributed by atoms with Crippen LogP contribution in [0.3, 0.4) is 0 Å². The normalized spacial score (nSPS) is 11.4. The van der Waals surface area contributed by atoms with Crippen LogP contribution in [-0.4, -0.2) is 29.4 Å². The van der Waals surface area contributed by atoms with Gasteiger partial charge in [-0.2, -0.15) is 0 Å². The number of hydrogen-bond acceptors (Lipinski definition) is 6. The number of nitro benzene ring substituents is 1. The molecule has 0 fully saturated rings. The lowest BCUT2D eigenvalue weighted by Gasteiger charge is -2.15. The van der Waals surface area contributed by atoms with Gasteiger partial charge in [0.05, 0.1) is 11.5 Å². The number of nitrogens with one attached hydrogen (secondary N) is 2. The molecule has 2 N–H and O–H groups in total. The van der Waals surface area contributed by atoms with Gasteiger partial charge in [0.15, 0.2) is 11.9 Å². The summed E-state index contributed by atoms with van der Waals surface area (Å²) in [6, 6.07) is 12.2. The number of nitrogens with zero attached hydrogens (tertiary/aromatic N) is 1. The molecule has 0 aliphatic rings. The number of hydrazine groups is 1. The van der Waals surface area contributed by atoms with E-state index in [0.29, 0.717) is 23.8 Å². The number of carbonyl (C=O) groups excluding carboxylic acids is 2. The van der Waals surface area contributed by atoms with Crippen molar-refractivity contribution in [3.8, 4) is 11.5 Å². The third-order valence-corrected chi connectivity index (χ3v) is 3.73. The molecule has 2 amide bonds. The molecule has 0 aliphatic carbocycles. The van der Waals surface area contributed by atoms with E-state index >= 15 is 0 Å². The van der Waals surface area contributed by atoms with Gasteiger partial charge in [-0.3, -0.25) is 30.6 Å². The van der Waals surface area contributed by atoms with Crippen molar-refractivity contribution in [3.05, 3.63) is 64.2 Å². The molecule has 0 heterocycles. The van der Waals surface area contributed by atoms with Gasteiger partial charge in [-0.15, -0.1) is 0 Å². The maximum absolute atomic E-state index is 12.2. The molecule has 154 valence electrons. The molecule has 9 heteroatoms. The third kappa shape index (κ3) is 6.49. The monoisotopic (exact) mass is 401 g/mol. The van der Waals surface area contributed by atoms with Crippen molar-refractivity contribution in [2.45, 2.75) is 26.9 Å². The summed E-state index contributed by atoms with van der Waals surface area (Å²) >= 11 is 0. The fraction of sp³-hybridized carbons (Fsp3) is 0.300. The summed E-state index contributed by atoms with van der Waals surface area (Å²) < 4.78 is 10.9. The summed E-state index contributed by atoms with van der Waals surface area (Å²) in [7, 11) is 0. The van der Waals surface area contributed by atoms with E-state index in [-0.39, 0.29) is 11.4 Å². The first kappa shape index (κ1) is 21.7. The number of rotatable bonds is 8. The van der Waals surface area contributed by atoms with E-state index in [0.717, 1.165) is 0 Å². The molecule has 0 aromatic heterocycles. The zero-order valence-corrected chi connectivity index (χ0v) is 16.4. The quantitative estimate of drug-likeness (QED) is 0.518. The predicted molar refractivity (Wildman–Crippen MR) is 106 cm³/mol. The Kier molecular flexibility index (Phi) is 7.53. The van der Waals surface area contributed by atoms with Crippen LogP contribution in [0.15, 0.2) is 48.5 Å². The Labute approximate surface area is 168 Å². The smallest absolute Gasteiger partial charge is 0.310 e. The Bertz CT molecular complexity index is 867. The highest BCUT2D eigenvalue weighted by Gasteiger charge is 2.21. The second kappa shape index (κ2) is 10.1. The number of amides is 2. The molecular weight excluding hydrogens is 378 g/mol. The van der Waals surface area contributed by atoms with Crippen LogP contribution in [0.1, 0.15) is 31.1 Å². The van der Waals surface area contributed by atoms with Gasteiger partial charge < -0.3 is 9.47 Å².